The minimum absolute atomic E-state index is 0.0567. The Morgan fingerprint density at radius 2 is 1.64 bits per heavy atom. The van der Waals surface area contributed by atoms with Crippen molar-refractivity contribution >= 4 is 21.5 Å². The third-order valence-electron chi connectivity index (χ3n) is 4.21. The van der Waals surface area contributed by atoms with E-state index in [1.807, 2.05) is 6.92 Å². The van der Waals surface area contributed by atoms with Gasteiger partial charge in [-0.05, 0) is 45.7 Å². The van der Waals surface area contributed by atoms with E-state index in [4.69, 9.17) is 9.47 Å². The molecule has 0 aromatic heterocycles. The van der Waals surface area contributed by atoms with Gasteiger partial charge in [0.1, 0.15) is 6.10 Å². The topological polar surface area (TPSA) is 21.8 Å². The van der Waals surface area contributed by atoms with E-state index < -0.39 is 0 Å². The molecule has 2 atom stereocenters. The molecule has 3 aromatic carbocycles. The smallest absolute Gasteiger partial charge is 0.189 e. The second-order valence-corrected chi connectivity index (χ2v) is 5.88. The van der Waals surface area contributed by atoms with Crippen molar-refractivity contribution in [2.45, 2.75) is 25.9 Å². The molecule has 1 fully saturated rings. The Labute approximate surface area is 130 Å². The molecule has 4 rings (SSSR count). The van der Waals surface area contributed by atoms with Crippen LogP contribution in [0.25, 0.3) is 21.5 Å². The quantitative estimate of drug-likeness (QED) is 0.391. The van der Waals surface area contributed by atoms with Gasteiger partial charge in [-0.25, -0.2) is 0 Å². The van der Waals surface area contributed by atoms with Crippen LogP contribution in [-0.2, 0) is 16.1 Å². The summed E-state index contributed by atoms with van der Waals surface area (Å²) in [6.45, 7) is 6.44. The standard InChI is InChI=1S/C20H18O2/c1-13(2)19-20(22-19)21-12-18-16-9-5-3-7-14(16)11-15-8-4-6-10-17(15)18/h3-11,19-20H,1,12H2,2H3. The molecular formula is C20H18O2. The van der Waals surface area contributed by atoms with Crippen LogP contribution in [0.2, 0.25) is 0 Å². The van der Waals surface area contributed by atoms with E-state index in [9.17, 15) is 0 Å². The number of hydrogen-bond acceptors (Lipinski definition) is 2. The van der Waals surface area contributed by atoms with Crippen molar-refractivity contribution in [1.29, 1.82) is 0 Å². The van der Waals surface area contributed by atoms with Crippen molar-refractivity contribution in [2.75, 3.05) is 0 Å². The van der Waals surface area contributed by atoms with Gasteiger partial charge in [-0.2, -0.15) is 0 Å². The van der Waals surface area contributed by atoms with Crippen LogP contribution in [0.5, 0.6) is 0 Å². The number of epoxide rings is 1. The van der Waals surface area contributed by atoms with Crippen molar-refractivity contribution in [3.05, 3.63) is 72.3 Å². The van der Waals surface area contributed by atoms with Crippen LogP contribution in [-0.4, -0.2) is 12.4 Å². The highest BCUT2D eigenvalue weighted by Crippen LogP contribution is 2.33. The first-order valence-corrected chi connectivity index (χ1v) is 7.56. The molecule has 0 saturated carbocycles. The molecule has 2 heteroatoms. The highest BCUT2D eigenvalue weighted by molar-refractivity contribution is 6.02. The van der Waals surface area contributed by atoms with Gasteiger partial charge in [0.25, 0.3) is 0 Å². The maximum atomic E-state index is 5.95. The van der Waals surface area contributed by atoms with Gasteiger partial charge in [-0.3, -0.25) is 0 Å². The molecule has 0 bridgehead atoms. The molecule has 1 aliphatic heterocycles. The lowest BCUT2D eigenvalue weighted by Gasteiger charge is -2.11. The van der Waals surface area contributed by atoms with Crippen LogP contribution in [0.3, 0.4) is 0 Å². The van der Waals surface area contributed by atoms with E-state index in [0.717, 1.165) is 5.57 Å². The number of fused-ring (bicyclic) bond motifs is 2. The van der Waals surface area contributed by atoms with Crippen molar-refractivity contribution in [3.63, 3.8) is 0 Å². The van der Waals surface area contributed by atoms with Gasteiger partial charge in [0.2, 0.25) is 0 Å². The van der Waals surface area contributed by atoms with Crippen LogP contribution in [0, 0.1) is 0 Å². The number of ether oxygens (including phenoxy) is 2. The van der Waals surface area contributed by atoms with E-state index in [0.29, 0.717) is 6.61 Å². The molecule has 1 saturated heterocycles. The maximum Gasteiger partial charge on any atom is 0.189 e. The zero-order valence-electron chi connectivity index (χ0n) is 12.6. The van der Waals surface area contributed by atoms with Crippen LogP contribution in [0.4, 0.5) is 0 Å². The zero-order chi connectivity index (χ0) is 15.1. The molecule has 22 heavy (non-hydrogen) atoms. The van der Waals surface area contributed by atoms with E-state index in [1.165, 1.54) is 27.1 Å². The lowest BCUT2D eigenvalue weighted by atomic mass is 9.97. The molecule has 0 spiro atoms. The lowest BCUT2D eigenvalue weighted by Crippen LogP contribution is -2.02. The Morgan fingerprint density at radius 1 is 1.05 bits per heavy atom. The summed E-state index contributed by atoms with van der Waals surface area (Å²) in [7, 11) is 0. The van der Waals surface area contributed by atoms with E-state index in [1.54, 1.807) is 0 Å². The average molecular weight is 290 g/mol. The van der Waals surface area contributed by atoms with Gasteiger partial charge in [0.15, 0.2) is 6.29 Å². The normalized spacial score (nSPS) is 20.4. The van der Waals surface area contributed by atoms with E-state index in [-0.39, 0.29) is 12.4 Å². The molecule has 0 aliphatic carbocycles. The fourth-order valence-corrected chi connectivity index (χ4v) is 3.00. The summed E-state index contributed by atoms with van der Waals surface area (Å²) in [5.74, 6) is 0. The Hall–Kier alpha value is -2.16. The summed E-state index contributed by atoms with van der Waals surface area (Å²) in [5.41, 5.74) is 2.25. The molecule has 110 valence electrons. The first-order chi connectivity index (χ1) is 10.7. The molecule has 0 amide bonds. The Morgan fingerprint density at radius 3 is 2.18 bits per heavy atom. The maximum absolute atomic E-state index is 5.95. The van der Waals surface area contributed by atoms with Crippen LogP contribution in [0.1, 0.15) is 12.5 Å². The van der Waals surface area contributed by atoms with Gasteiger partial charge in [-0.1, -0.05) is 55.1 Å². The van der Waals surface area contributed by atoms with Crippen molar-refractivity contribution < 1.29 is 9.47 Å². The van der Waals surface area contributed by atoms with Crippen molar-refractivity contribution in [2.24, 2.45) is 0 Å². The molecule has 1 heterocycles. The second-order valence-electron chi connectivity index (χ2n) is 5.88. The van der Waals surface area contributed by atoms with Crippen molar-refractivity contribution in [1.82, 2.24) is 0 Å². The minimum atomic E-state index is -0.143. The summed E-state index contributed by atoms with van der Waals surface area (Å²) in [4.78, 5) is 0. The lowest BCUT2D eigenvalue weighted by molar-refractivity contribution is 0.0397. The number of hydrogen-bond donors (Lipinski definition) is 0. The van der Waals surface area contributed by atoms with Gasteiger partial charge in [0.05, 0.1) is 6.61 Å². The minimum Gasteiger partial charge on any atom is -0.345 e. The third kappa shape index (κ3) is 2.31. The Balaban J connectivity index is 1.74. The summed E-state index contributed by atoms with van der Waals surface area (Å²) in [6, 6.07) is 19.1. The van der Waals surface area contributed by atoms with Crippen LogP contribution < -0.4 is 0 Å². The first kappa shape index (κ1) is 13.5. The van der Waals surface area contributed by atoms with Crippen LogP contribution >= 0.6 is 0 Å². The number of benzene rings is 3. The van der Waals surface area contributed by atoms with Crippen LogP contribution in [0.15, 0.2) is 66.7 Å². The summed E-state index contributed by atoms with van der Waals surface area (Å²) in [5, 5.41) is 4.98. The Kier molecular flexibility index (Phi) is 3.21. The highest BCUT2D eigenvalue weighted by atomic mass is 16.8. The predicted octanol–water partition coefficient (Wildman–Crippen LogP) is 4.81. The van der Waals surface area contributed by atoms with E-state index >= 15 is 0 Å². The Bertz CT molecular complexity index is 812. The average Bonchev–Trinajstić information content (AvgIpc) is 3.31. The molecule has 2 unspecified atom stereocenters. The SMILES string of the molecule is C=C(C)C1OC1OCc1c2ccccc2cc2ccccc12. The number of rotatable bonds is 4. The molecule has 1 aliphatic rings. The largest absolute Gasteiger partial charge is 0.345 e. The van der Waals surface area contributed by atoms with Gasteiger partial charge >= 0.3 is 0 Å². The highest BCUT2D eigenvalue weighted by Gasteiger charge is 2.40. The van der Waals surface area contributed by atoms with Gasteiger partial charge < -0.3 is 9.47 Å². The summed E-state index contributed by atoms with van der Waals surface area (Å²) < 4.78 is 11.4. The summed E-state index contributed by atoms with van der Waals surface area (Å²) in [6.07, 6.45) is -0.0866. The van der Waals surface area contributed by atoms with Gasteiger partial charge in [-0.15, -0.1) is 0 Å². The fraction of sp³-hybridized carbons (Fsp3) is 0.200. The monoisotopic (exact) mass is 290 g/mol. The molecule has 2 nitrogen and oxygen atoms in total. The van der Waals surface area contributed by atoms with Crippen molar-refractivity contribution in [3.8, 4) is 0 Å². The van der Waals surface area contributed by atoms with E-state index in [2.05, 4.69) is 61.2 Å². The fourth-order valence-electron chi connectivity index (χ4n) is 3.00. The summed E-state index contributed by atoms with van der Waals surface area (Å²) >= 11 is 0. The molecule has 0 radical (unpaired) electrons. The predicted molar refractivity (Wildman–Crippen MR) is 89.7 cm³/mol. The second kappa shape index (κ2) is 5.24. The molecule has 3 aromatic rings. The molecule has 0 N–H and O–H groups in total. The zero-order valence-corrected chi connectivity index (χ0v) is 12.6. The van der Waals surface area contributed by atoms with Gasteiger partial charge in [0, 0.05) is 0 Å². The first-order valence-electron chi connectivity index (χ1n) is 7.56. The molecular weight excluding hydrogens is 272 g/mol. The third-order valence-corrected chi connectivity index (χ3v) is 4.21.